The maximum Gasteiger partial charge on any atom is 0.280 e. The van der Waals surface area contributed by atoms with E-state index in [0.717, 1.165) is 22.4 Å². The van der Waals surface area contributed by atoms with E-state index in [9.17, 15) is 9.59 Å². The van der Waals surface area contributed by atoms with Gasteiger partial charge in [-0.3, -0.25) is 9.59 Å². The van der Waals surface area contributed by atoms with E-state index < -0.39 is 11.3 Å². The van der Waals surface area contributed by atoms with Crippen molar-refractivity contribution in [2.24, 2.45) is 0 Å². The van der Waals surface area contributed by atoms with Gasteiger partial charge < -0.3 is 5.32 Å². The second kappa shape index (κ2) is 6.73. The number of carbonyl (C=O) groups is 1. The van der Waals surface area contributed by atoms with Gasteiger partial charge in [0.1, 0.15) is 0 Å². The molecule has 126 valence electrons. The van der Waals surface area contributed by atoms with Crippen LogP contribution in [0, 0.1) is 20.8 Å². The third kappa shape index (κ3) is 3.66. The fourth-order valence-corrected chi connectivity index (χ4v) is 2.53. The van der Waals surface area contributed by atoms with Gasteiger partial charge in [0.15, 0.2) is 5.69 Å². The highest BCUT2D eigenvalue weighted by Gasteiger charge is 2.14. The van der Waals surface area contributed by atoms with Crippen molar-refractivity contribution in [1.29, 1.82) is 0 Å². The second-order valence-electron chi connectivity index (χ2n) is 6.08. The van der Waals surface area contributed by atoms with Crippen molar-refractivity contribution in [2.75, 3.05) is 5.32 Å². The van der Waals surface area contributed by atoms with Crippen LogP contribution in [0.1, 0.15) is 27.2 Å². The lowest BCUT2D eigenvalue weighted by Crippen LogP contribution is -2.25. The molecule has 3 rings (SSSR count). The number of aromatic nitrogens is 2. The molecule has 0 spiro atoms. The minimum atomic E-state index is -0.513. The predicted molar refractivity (Wildman–Crippen MR) is 98.4 cm³/mol. The standard InChI is InChI=1S/C20H19N3O2/c1-13-5-4-6-16(11-13)23-10-9-18(24)19(22-23)20(25)21-17-12-14(2)7-8-15(17)3/h4-12H,1-3H3,(H,21,25). The monoisotopic (exact) mass is 333 g/mol. The van der Waals surface area contributed by atoms with Crippen LogP contribution in [0.3, 0.4) is 0 Å². The fraction of sp³-hybridized carbons (Fsp3) is 0.150. The third-order valence-corrected chi connectivity index (χ3v) is 3.93. The Hall–Kier alpha value is -3.21. The lowest BCUT2D eigenvalue weighted by Gasteiger charge is -2.10. The van der Waals surface area contributed by atoms with Crippen molar-refractivity contribution < 1.29 is 4.79 Å². The van der Waals surface area contributed by atoms with Gasteiger partial charge in [-0.05, 0) is 55.7 Å². The molecule has 1 aromatic heterocycles. The Morgan fingerprint density at radius 3 is 2.52 bits per heavy atom. The number of hydrogen-bond donors (Lipinski definition) is 1. The van der Waals surface area contributed by atoms with E-state index in [0.29, 0.717) is 5.69 Å². The molecule has 1 N–H and O–H groups in total. The maximum atomic E-state index is 12.6. The molecule has 0 bridgehead atoms. The van der Waals surface area contributed by atoms with Crippen LogP contribution in [0.2, 0.25) is 0 Å². The first kappa shape index (κ1) is 16.6. The molecule has 25 heavy (non-hydrogen) atoms. The summed E-state index contributed by atoms with van der Waals surface area (Å²) in [5.74, 6) is -0.513. The number of rotatable bonds is 3. The Bertz CT molecular complexity index is 1010. The average molecular weight is 333 g/mol. The molecule has 0 aliphatic heterocycles. The van der Waals surface area contributed by atoms with Crippen molar-refractivity contribution in [3.8, 4) is 5.69 Å². The van der Waals surface area contributed by atoms with E-state index >= 15 is 0 Å². The van der Waals surface area contributed by atoms with E-state index in [4.69, 9.17) is 0 Å². The van der Waals surface area contributed by atoms with Gasteiger partial charge in [-0.25, -0.2) is 4.68 Å². The normalized spacial score (nSPS) is 10.5. The molecule has 1 heterocycles. The van der Waals surface area contributed by atoms with Gasteiger partial charge in [0.25, 0.3) is 5.91 Å². The number of hydrogen-bond acceptors (Lipinski definition) is 3. The molecular weight excluding hydrogens is 314 g/mol. The van der Waals surface area contributed by atoms with Gasteiger partial charge in [-0.1, -0.05) is 24.3 Å². The lowest BCUT2D eigenvalue weighted by atomic mass is 10.1. The van der Waals surface area contributed by atoms with Crippen LogP contribution in [0.5, 0.6) is 0 Å². The first-order chi connectivity index (χ1) is 11.9. The van der Waals surface area contributed by atoms with Crippen molar-refractivity contribution in [3.05, 3.63) is 87.3 Å². The molecule has 0 aliphatic carbocycles. The van der Waals surface area contributed by atoms with Crippen LogP contribution in [0.15, 0.2) is 59.5 Å². The van der Waals surface area contributed by atoms with Crippen LogP contribution in [-0.2, 0) is 0 Å². The summed E-state index contributed by atoms with van der Waals surface area (Å²) in [6.45, 7) is 5.82. The number of aryl methyl sites for hydroxylation is 3. The van der Waals surface area contributed by atoms with Gasteiger partial charge in [0.05, 0.1) is 5.69 Å². The smallest absolute Gasteiger partial charge is 0.280 e. The fourth-order valence-electron chi connectivity index (χ4n) is 2.53. The van der Waals surface area contributed by atoms with Crippen molar-refractivity contribution in [3.63, 3.8) is 0 Å². The highest BCUT2D eigenvalue weighted by atomic mass is 16.2. The minimum absolute atomic E-state index is 0.134. The Morgan fingerprint density at radius 2 is 1.76 bits per heavy atom. The summed E-state index contributed by atoms with van der Waals surface area (Å²) in [6.07, 6.45) is 1.56. The number of anilines is 1. The van der Waals surface area contributed by atoms with Gasteiger partial charge in [0, 0.05) is 18.0 Å². The number of nitrogens with zero attached hydrogens (tertiary/aromatic N) is 2. The number of nitrogens with one attached hydrogen (secondary N) is 1. The summed E-state index contributed by atoms with van der Waals surface area (Å²) in [5.41, 5.74) is 3.95. The van der Waals surface area contributed by atoms with Crippen LogP contribution in [0.4, 0.5) is 5.69 Å². The van der Waals surface area contributed by atoms with Gasteiger partial charge in [-0.2, -0.15) is 5.10 Å². The predicted octanol–water partition coefficient (Wildman–Crippen LogP) is 3.41. The average Bonchev–Trinajstić information content (AvgIpc) is 2.58. The largest absolute Gasteiger partial charge is 0.320 e. The molecule has 0 aliphatic rings. The molecule has 2 aromatic carbocycles. The first-order valence-corrected chi connectivity index (χ1v) is 8.00. The first-order valence-electron chi connectivity index (χ1n) is 8.00. The molecule has 0 unspecified atom stereocenters. The molecular formula is C20H19N3O2. The number of carbonyl (C=O) groups excluding carboxylic acids is 1. The quantitative estimate of drug-likeness (QED) is 0.799. The summed E-state index contributed by atoms with van der Waals surface area (Å²) >= 11 is 0. The number of benzene rings is 2. The summed E-state index contributed by atoms with van der Waals surface area (Å²) in [6, 6.07) is 14.8. The van der Waals surface area contributed by atoms with E-state index in [2.05, 4.69) is 10.4 Å². The Labute approximate surface area is 145 Å². The van der Waals surface area contributed by atoms with Crippen molar-refractivity contribution in [2.45, 2.75) is 20.8 Å². The highest BCUT2D eigenvalue weighted by molar-refractivity contribution is 6.03. The summed E-state index contributed by atoms with van der Waals surface area (Å²) in [7, 11) is 0. The molecule has 0 fully saturated rings. The summed E-state index contributed by atoms with van der Waals surface area (Å²) in [4.78, 5) is 24.7. The van der Waals surface area contributed by atoms with Crippen LogP contribution < -0.4 is 10.7 Å². The number of amides is 1. The van der Waals surface area contributed by atoms with Gasteiger partial charge in [0.2, 0.25) is 5.43 Å². The second-order valence-corrected chi connectivity index (χ2v) is 6.08. The summed E-state index contributed by atoms with van der Waals surface area (Å²) in [5, 5.41) is 7.01. The van der Waals surface area contributed by atoms with E-state index in [-0.39, 0.29) is 5.69 Å². The van der Waals surface area contributed by atoms with Gasteiger partial charge in [-0.15, -0.1) is 0 Å². The zero-order valence-corrected chi connectivity index (χ0v) is 14.4. The van der Waals surface area contributed by atoms with Crippen LogP contribution in [-0.4, -0.2) is 15.7 Å². The van der Waals surface area contributed by atoms with Crippen molar-refractivity contribution in [1.82, 2.24) is 9.78 Å². The molecule has 1 amide bonds. The highest BCUT2D eigenvalue weighted by Crippen LogP contribution is 2.17. The zero-order valence-electron chi connectivity index (χ0n) is 14.4. The molecule has 3 aromatic rings. The summed E-state index contributed by atoms with van der Waals surface area (Å²) < 4.78 is 1.53. The SMILES string of the molecule is Cc1cccc(-n2ccc(=O)c(C(=O)Nc3cc(C)ccc3C)n2)c1. The van der Waals surface area contributed by atoms with E-state index in [1.807, 2.05) is 63.2 Å². The Balaban J connectivity index is 1.96. The zero-order chi connectivity index (χ0) is 18.0. The molecule has 5 heteroatoms. The lowest BCUT2D eigenvalue weighted by molar-refractivity contribution is 0.101. The molecule has 0 saturated heterocycles. The minimum Gasteiger partial charge on any atom is -0.320 e. The third-order valence-electron chi connectivity index (χ3n) is 3.93. The van der Waals surface area contributed by atoms with Crippen LogP contribution >= 0.6 is 0 Å². The molecule has 0 radical (unpaired) electrons. The molecule has 5 nitrogen and oxygen atoms in total. The topological polar surface area (TPSA) is 64.0 Å². The van der Waals surface area contributed by atoms with Gasteiger partial charge >= 0.3 is 0 Å². The molecule has 0 atom stereocenters. The Kier molecular flexibility index (Phi) is 4.48. The van der Waals surface area contributed by atoms with Crippen molar-refractivity contribution >= 4 is 11.6 Å². The maximum absolute atomic E-state index is 12.6. The molecule has 0 saturated carbocycles. The van der Waals surface area contributed by atoms with Crippen LogP contribution in [0.25, 0.3) is 5.69 Å². The Morgan fingerprint density at radius 1 is 1.00 bits per heavy atom. The van der Waals surface area contributed by atoms with E-state index in [1.54, 1.807) is 6.20 Å². The van der Waals surface area contributed by atoms with E-state index in [1.165, 1.54) is 10.7 Å².